The van der Waals surface area contributed by atoms with Crippen LogP contribution in [0.4, 0.5) is 0 Å². The maximum Gasteiger partial charge on any atom is 0.0233 e. The number of halogens is 1. The standard InChI is InChI=1S/C12H20N2.ClH/c1-10(2)14(3)9-12-6-4-5-11(7-12)8-13;/h4-7,10H,8-9,13H2,1-3H3;1H. The van der Waals surface area contributed by atoms with E-state index in [4.69, 9.17) is 5.73 Å². The second-order valence-corrected chi connectivity index (χ2v) is 4.03. The predicted molar refractivity (Wildman–Crippen MR) is 68.2 cm³/mol. The molecule has 0 radical (unpaired) electrons. The van der Waals surface area contributed by atoms with Gasteiger partial charge in [0.2, 0.25) is 0 Å². The summed E-state index contributed by atoms with van der Waals surface area (Å²) in [4.78, 5) is 2.32. The molecule has 0 bridgehead atoms. The van der Waals surface area contributed by atoms with Crippen LogP contribution in [0.15, 0.2) is 24.3 Å². The maximum atomic E-state index is 5.60. The fraction of sp³-hybridized carbons (Fsp3) is 0.500. The van der Waals surface area contributed by atoms with Gasteiger partial charge >= 0.3 is 0 Å². The minimum atomic E-state index is 0. The predicted octanol–water partition coefficient (Wildman–Crippen LogP) is 2.41. The number of hydrogen-bond acceptors (Lipinski definition) is 2. The van der Waals surface area contributed by atoms with Gasteiger partial charge in [-0.2, -0.15) is 0 Å². The third-order valence-electron chi connectivity index (χ3n) is 2.54. The van der Waals surface area contributed by atoms with Gasteiger partial charge in [0.05, 0.1) is 0 Å². The van der Waals surface area contributed by atoms with E-state index in [9.17, 15) is 0 Å². The molecule has 3 heteroatoms. The highest BCUT2D eigenvalue weighted by molar-refractivity contribution is 5.85. The van der Waals surface area contributed by atoms with E-state index in [1.165, 1.54) is 11.1 Å². The molecule has 0 aliphatic carbocycles. The third-order valence-corrected chi connectivity index (χ3v) is 2.54. The number of benzene rings is 1. The number of hydrogen-bond donors (Lipinski definition) is 1. The fourth-order valence-electron chi connectivity index (χ4n) is 1.33. The van der Waals surface area contributed by atoms with E-state index in [1.54, 1.807) is 0 Å². The molecule has 0 amide bonds. The molecule has 0 fully saturated rings. The second kappa shape index (κ2) is 6.83. The lowest BCUT2D eigenvalue weighted by Gasteiger charge is -2.21. The highest BCUT2D eigenvalue weighted by atomic mass is 35.5. The monoisotopic (exact) mass is 228 g/mol. The van der Waals surface area contributed by atoms with Crippen molar-refractivity contribution < 1.29 is 0 Å². The minimum absolute atomic E-state index is 0. The second-order valence-electron chi connectivity index (χ2n) is 4.03. The smallest absolute Gasteiger partial charge is 0.0233 e. The lowest BCUT2D eigenvalue weighted by atomic mass is 10.1. The van der Waals surface area contributed by atoms with Crippen molar-refractivity contribution in [1.29, 1.82) is 0 Å². The lowest BCUT2D eigenvalue weighted by Crippen LogP contribution is -2.25. The Morgan fingerprint density at radius 3 is 2.40 bits per heavy atom. The van der Waals surface area contributed by atoms with Crippen molar-refractivity contribution in [1.82, 2.24) is 4.90 Å². The van der Waals surface area contributed by atoms with Gasteiger partial charge < -0.3 is 5.73 Å². The van der Waals surface area contributed by atoms with Crippen LogP contribution in [0.5, 0.6) is 0 Å². The third kappa shape index (κ3) is 4.65. The van der Waals surface area contributed by atoms with Crippen molar-refractivity contribution in [2.24, 2.45) is 5.73 Å². The Bertz CT molecular complexity index is 287. The molecule has 15 heavy (non-hydrogen) atoms. The van der Waals surface area contributed by atoms with Gasteiger partial charge in [-0.1, -0.05) is 24.3 Å². The molecule has 2 nitrogen and oxygen atoms in total. The van der Waals surface area contributed by atoms with Gasteiger partial charge in [-0.25, -0.2) is 0 Å². The molecular weight excluding hydrogens is 208 g/mol. The highest BCUT2D eigenvalue weighted by Gasteiger charge is 2.03. The van der Waals surface area contributed by atoms with Gasteiger partial charge in [0.1, 0.15) is 0 Å². The molecule has 1 aromatic rings. The Balaban J connectivity index is 0.00000196. The summed E-state index contributed by atoms with van der Waals surface area (Å²) in [5, 5.41) is 0. The zero-order valence-corrected chi connectivity index (χ0v) is 10.6. The van der Waals surface area contributed by atoms with Gasteiger partial charge in [-0.05, 0) is 32.0 Å². The van der Waals surface area contributed by atoms with E-state index < -0.39 is 0 Å². The summed E-state index contributed by atoms with van der Waals surface area (Å²) < 4.78 is 0. The van der Waals surface area contributed by atoms with E-state index in [2.05, 4.69) is 50.1 Å². The highest BCUT2D eigenvalue weighted by Crippen LogP contribution is 2.08. The van der Waals surface area contributed by atoms with Crippen molar-refractivity contribution in [3.05, 3.63) is 35.4 Å². The molecule has 0 unspecified atom stereocenters. The van der Waals surface area contributed by atoms with Crippen LogP contribution in [0.1, 0.15) is 25.0 Å². The van der Waals surface area contributed by atoms with E-state index in [0.717, 1.165) is 6.54 Å². The van der Waals surface area contributed by atoms with Gasteiger partial charge in [-0.3, -0.25) is 4.90 Å². The quantitative estimate of drug-likeness (QED) is 0.858. The topological polar surface area (TPSA) is 29.3 Å². The molecule has 1 rings (SSSR count). The Kier molecular flexibility index (Phi) is 6.57. The molecule has 0 saturated heterocycles. The summed E-state index contributed by atoms with van der Waals surface area (Å²) >= 11 is 0. The summed E-state index contributed by atoms with van der Waals surface area (Å²) in [7, 11) is 2.14. The van der Waals surface area contributed by atoms with Crippen LogP contribution in [0.2, 0.25) is 0 Å². The number of rotatable bonds is 4. The first-order valence-electron chi connectivity index (χ1n) is 5.11. The average Bonchev–Trinajstić information content (AvgIpc) is 2.18. The Hall–Kier alpha value is -0.570. The van der Waals surface area contributed by atoms with Crippen molar-refractivity contribution in [3.8, 4) is 0 Å². The van der Waals surface area contributed by atoms with E-state index >= 15 is 0 Å². The Labute approximate surface area is 98.9 Å². The maximum absolute atomic E-state index is 5.60. The zero-order valence-electron chi connectivity index (χ0n) is 9.73. The Morgan fingerprint density at radius 2 is 1.87 bits per heavy atom. The molecule has 0 heterocycles. The zero-order chi connectivity index (χ0) is 10.6. The van der Waals surface area contributed by atoms with Gasteiger partial charge in [0.15, 0.2) is 0 Å². The summed E-state index contributed by atoms with van der Waals surface area (Å²) in [5.74, 6) is 0. The van der Waals surface area contributed by atoms with E-state index in [1.807, 2.05) is 0 Å². The molecule has 2 N–H and O–H groups in total. The molecule has 0 atom stereocenters. The van der Waals surface area contributed by atoms with Crippen LogP contribution in [0, 0.1) is 0 Å². The molecule has 0 aliphatic rings. The van der Waals surface area contributed by atoms with Crippen LogP contribution < -0.4 is 5.73 Å². The lowest BCUT2D eigenvalue weighted by molar-refractivity contribution is 0.266. The van der Waals surface area contributed by atoms with Gasteiger partial charge in [0.25, 0.3) is 0 Å². The first-order valence-corrected chi connectivity index (χ1v) is 5.11. The van der Waals surface area contributed by atoms with Crippen LogP contribution in [-0.4, -0.2) is 18.0 Å². The molecule has 0 saturated carbocycles. The number of nitrogens with two attached hydrogens (primary N) is 1. The normalized spacial score (nSPS) is 10.5. The van der Waals surface area contributed by atoms with E-state index in [0.29, 0.717) is 12.6 Å². The molecule has 86 valence electrons. The summed E-state index contributed by atoms with van der Waals surface area (Å²) in [6.45, 7) is 6.02. The largest absolute Gasteiger partial charge is 0.326 e. The minimum Gasteiger partial charge on any atom is -0.326 e. The van der Waals surface area contributed by atoms with Crippen LogP contribution in [0.3, 0.4) is 0 Å². The van der Waals surface area contributed by atoms with Gasteiger partial charge in [-0.15, -0.1) is 12.4 Å². The van der Waals surface area contributed by atoms with Crippen molar-refractivity contribution in [2.45, 2.75) is 33.0 Å². The average molecular weight is 229 g/mol. The van der Waals surface area contributed by atoms with E-state index in [-0.39, 0.29) is 12.4 Å². The molecular formula is C12H21ClN2. The first-order chi connectivity index (χ1) is 6.63. The molecule has 0 spiro atoms. The summed E-state index contributed by atoms with van der Waals surface area (Å²) in [6, 6.07) is 9.05. The SMILES string of the molecule is CC(C)N(C)Cc1cccc(CN)c1.Cl. The Morgan fingerprint density at radius 1 is 1.27 bits per heavy atom. The van der Waals surface area contributed by atoms with Gasteiger partial charge in [0, 0.05) is 19.1 Å². The van der Waals surface area contributed by atoms with Crippen LogP contribution in [0.25, 0.3) is 0 Å². The van der Waals surface area contributed by atoms with Crippen molar-refractivity contribution in [3.63, 3.8) is 0 Å². The van der Waals surface area contributed by atoms with Crippen LogP contribution in [-0.2, 0) is 13.1 Å². The van der Waals surface area contributed by atoms with Crippen LogP contribution >= 0.6 is 12.4 Å². The summed E-state index contributed by atoms with van der Waals surface area (Å²) in [5.41, 5.74) is 8.14. The summed E-state index contributed by atoms with van der Waals surface area (Å²) in [6.07, 6.45) is 0. The molecule has 0 aromatic heterocycles. The molecule has 1 aromatic carbocycles. The number of nitrogens with zero attached hydrogens (tertiary/aromatic N) is 1. The first kappa shape index (κ1) is 14.4. The molecule has 0 aliphatic heterocycles. The fourth-order valence-corrected chi connectivity index (χ4v) is 1.33. The van der Waals surface area contributed by atoms with Crippen molar-refractivity contribution >= 4 is 12.4 Å². The van der Waals surface area contributed by atoms with Crippen molar-refractivity contribution in [2.75, 3.05) is 7.05 Å².